The Hall–Kier alpha value is -2.62. The van der Waals surface area contributed by atoms with Crippen LogP contribution in [0, 0.1) is 5.92 Å². The van der Waals surface area contributed by atoms with Gasteiger partial charge < -0.3 is 9.47 Å². The number of hydrogen-bond donors (Lipinski definition) is 0. The number of methoxy groups -OCH3 is 2. The zero-order chi connectivity index (χ0) is 16.4. The van der Waals surface area contributed by atoms with Crippen molar-refractivity contribution in [1.29, 1.82) is 0 Å². The van der Waals surface area contributed by atoms with Crippen LogP contribution in [0.5, 0.6) is 11.5 Å². The van der Waals surface area contributed by atoms with Crippen LogP contribution in [0.1, 0.15) is 32.7 Å². The summed E-state index contributed by atoms with van der Waals surface area (Å²) in [6.45, 7) is 0. The number of fused-ring (bicyclic) bond motifs is 1. The van der Waals surface area contributed by atoms with E-state index in [2.05, 4.69) is 0 Å². The highest BCUT2D eigenvalue weighted by molar-refractivity contribution is 6.17. The average Bonchev–Trinajstić information content (AvgIpc) is 2.61. The zero-order valence-electron chi connectivity index (χ0n) is 13.2. The Morgan fingerprint density at radius 2 is 1.65 bits per heavy atom. The van der Waals surface area contributed by atoms with Crippen LogP contribution in [-0.2, 0) is 6.42 Å². The first-order chi connectivity index (χ1) is 11.1. The first kappa shape index (κ1) is 15.3. The fourth-order valence-corrected chi connectivity index (χ4v) is 2.96. The molecule has 0 amide bonds. The molecular formula is C19H18O4. The van der Waals surface area contributed by atoms with Crippen molar-refractivity contribution in [3.05, 3.63) is 59.2 Å². The Morgan fingerprint density at radius 1 is 1.00 bits per heavy atom. The number of benzene rings is 2. The maximum absolute atomic E-state index is 12.7. The number of ketones is 2. The average molecular weight is 310 g/mol. The van der Waals surface area contributed by atoms with Gasteiger partial charge in [-0.1, -0.05) is 6.07 Å². The van der Waals surface area contributed by atoms with Gasteiger partial charge in [-0.25, -0.2) is 0 Å². The van der Waals surface area contributed by atoms with Crippen LogP contribution in [0.15, 0.2) is 42.5 Å². The molecule has 23 heavy (non-hydrogen) atoms. The van der Waals surface area contributed by atoms with E-state index in [4.69, 9.17) is 9.47 Å². The molecule has 1 atom stereocenters. The minimum Gasteiger partial charge on any atom is -0.497 e. The Bertz CT molecular complexity index is 746. The van der Waals surface area contributed by atoms with Crippen molar-refractivity contribution in [2.45, 2.75) is 12.8 Å². The molecule has 0 aromatic heterocycles. The number of rotatable bonds is 4. The van der Waals surface area contributed by atoms with Crippen molar-refractivity contribution >= 4 is 11.6 Å². The van der Waals surface area contributed by atoms with Crippen LogP contribution >= 0.6 is 0 Å². The number of hydrogen-bond acceptors (Lipinski definition) is 4. The monoisotopic (exact) mass is 310 g/mol. The third-order valence-corrected chi connectivity index (χ3v) is 4.29. The molecule has 0 aliphatic heterocycles. The lowest BCUT2D eigenvalue weighted by Crippen LogP contribution is -2.29. The zero-order valence-corrected chi connectivity index (χ0v) is 13.2. The fourth-order valence-electron chi connectivity index (χ4n) is 2.96. The molecule has 0 heterocycles. The van der Waals surface area contributed by atoms with Gasteiger partial charge in [0, 0.05) is 11.1 Å². The number of aryl methyl sites for hydroxylation is 1. The van der Waals surface area contributed by atoms with Gasteiger partial charge in [0.25, 0.3) is 0 Å². The first-order valence-corrected chi connectivity index (χ1v) is 7.53. The van der Waals surface area contributed by atoms with E-state index >= 15 is 0 Å². The lowest BCUT2D eigenvalue weighted by atomic mass is 9.79. The van der Waals surface area contributed by atoms with Crippen molar-refractivity contribution in [3.8, 4) is 11.5 Å². The van der Waals surface area contributed by atoms with E-state index in [9.17, 15) is 9.59 Å². The molecule has 4 nitrogen and oxygen atoms in total. The smallest absolute Gasteiger partial charge is 0.174 e. The molecule has 4 heteroatoms. The van der Waals surface area contributed by atoms with Crippen LogP contribution in [0.4, 0.5) is 0 Å². The number of carbonyl (C=O) groups excluding carboxylic acids is 2. The summed E-state index contributed by atoms with van der Waals surface area (Å²) >= 11 is 0. The van der Waals surface area contributed by atoms with Gasteiger partial charge in [-0.2, -0.15) is 0 Å². The van der Waals surface area contributed by atoms with E-state index in [1.165, 1.54) is 0 Å². The van der Waals surface area contributed by atoms with Crippen molar-refractivity contribution in [2.24, 2.45) is 5.92 Å². The summed E-state index contributed by atoms with van der Waals surface area (Å²) in [5, 5.41) is 0. The van der Waals surface area contributed by atoms with Crippen LogP contribution in [0.2, 0.25) is 0 Å². The molecule has 2 aromatic carbocycles. The molecule has 0 saturated carbocycles. The molecule has 2 aromatic rings. The standard InChI is InChI=1S/C19H18O4/c1-22-14-7-4-13(5-8-14)18(20)16-10-6-12-3-9-15(23-2)11-17(12)19(16)21/h3-5,7-9,11,16H,6,10H2,1-2H3. The van der Waals surface area contributed by atoms with E-state index in [1.807, 2.05) is 12.1 Å². The largest absolute Gasteiger partial charge is 0.497 e. The molecule has 0 fully saturated rings. The third-order valence-electron chi connectivity index (χ3n) is 4.29. The summed E-state index contributed by atoms with van der Waals surface area (Å²) in [6, 6.07) is 12.4. The van der Waals surface area contributed by atoms with Crippen LogP contribution in [0.25, 0.3) is 0 Å². The molecule has 3 rings (SSSR count). The second kappa shape index (κ2) is 6.24. The summed E-state index contributed by atoms with van der Waals surface area (Å²) < 4.78 is 10.3. The number of Topliss-reactive ketones (excluding diaryl/α,β-unsaturated/α-hetero) is 2. The maximum atomic E-state index is 12.7. The molecule has 1 aliphatic carbocycles. The SMILES string of the molecule is COc1ccc(C(=O)C2CCc3ccc(OC)cc3C2=O)cc1. The Kier molecular flexibility index (Phi) is 4.15. The minimum absolute atomic E-state index is 0.119. The molecule has 1 aliphatic rings. The summed E-state index contributed by atoms with van der Waals surface area (Å²) in [5.74, 6) is 0.446. The van der Waals surface area contributed by atoms with Crippen LogP contribution in [-0.4, -0.2) is 25.8 Å². The normalized spacial score (nSPS) is 16.6. The van der Waals surface area contributed by atoms with Gasteiger partial charge in [-0.15, -0.1) is 0 Å². The second-order valence-corrected chi connectivity index (χ2v) is 5.57. The Balaban J connectivity index is 1.88. The summed E-state index contributed by atoms with van der Waals surface area (Å²) in [6.07, 6.45) is 1.26. The van der Waals surface area contributed by atoms with Gasteiger partial charge >= 0.3 is 0 Å². The number of ether oxygens (including phenoxy) is 2. The lowest BCUT2D eigenvalue weighted by molar-refractivity contribution is 0.0790. The highest BCUT2D eigenvalue weighted by Gasteiger charge is 2.33. The van der Waals surface area contributed by atoms with Crippen molar-refractivity contribution in [1.82, 2.24) is 0 Å². The van der Waals surface area contributed by atoms with Gasteiger partial charge in [0.15, 0.2) is 11.6 Å². The van der Waals surface area contributed by atoms with Crippen LogP contribution in [0.3, 0.4) is 0 Å². The molecule has 1 unspecified atom stereocenters. The van der Waals surface area contributed by atoms with Crippen molar-refractivity contribution in [2.75, 3.05) is 14.2 Å². The van der Waals surface area contributed by atoms with Crippen LogP contribution < -0.4 is 9.47 Å². The topological polar surface area (TPSA) is 52.6 Å². The van der Waals surface area contributed by atoms with Gasteiger partial charge in [-0.05, 0) is 54.8 Å². The van der Waals surface area contributed by atoms with Crippen molar-refractivity contribution in [3.63, 3.8) is 0 Å². The van der Waals surface area contributed by atoms with E-state index in [-0.39, 0.29) is 11.6 Å². The highest BCUT2D eigenvalue weighted by Crippen LogP contribution is 2.30. The Morgan fingerprint density at radius 3 is 2.30 bits per heavy atom. The van der Waals surface area contributed by atoms with Gasteiger partial charge in [0.2, 0.25) is 0 Å². The molecular weight excluding hydrogens is 292 g/mol. The van der Waals surface area contributed by atoms with E-state index in [1.54, 1.807) is 44.6 Å². The molecule has 0 spiro atoms. The van der Waals surface area contributed by atoms with Gasteiger partial charge in [0.05, 0.1) is 20.1 Å². The third kappa shape index (κ3) is 2.84. The van der Waals surface area contributed by atoms with E-state index in [0.29, 0.717) is 29.0 Å². The summed E-state index contributed by atoms with van der Waals surface area (Å²) in [4.78, 5) is 25.4. The summed E-state index contributed by atoms with van der Waals surface area (Å²) in [7, 11) is 3.14. The fraction of sp³-hybridized carbons (Fsp3) is 0.263. The van der Waals surface area contributed by atoms with E-state index in [0.717, 1.165) is 12.0 Å². The predicted octanol–water partition coefficient (Wildman–Crippen LogP) is 3.33. The van der Waals surface area contributed by atoms with E-state index < -0.39 is 5.92 Å². The molecule has 0 radical (unpaired) electrons. The van der Waals surface area contributed by atoms with Crippen molar-refractivity contribution < 1.29 is 19.1 Å². The van der Waals surface area contributed by atoms with Gasteiger partial charge in [0.1, 0.15) is 11.5 Å². The maximum Gasteiger partial charge on any atom is 0.174 e. The molecule has 118 valence electrons. The van der Waals surface area contributed by atoms with Gasteiger partial charge in [-0.3, -0.25) is 9.59 Å². The Labute approximate surface area is 135 Å². The number of carbonyl (C=O) groups is 2. The highest BCUT2D eigenvalue weighted by atomic mass is 16.5. The minimum atomic E-state index is -0.622. The quantitative estimate of drug-likeness (QED) is 0.642. The lowest BCUT2D eigenvalue weighted by Gasteiger charge is -2.23. The predicted molar refractivity (Wildman–Crippen MR) is 86.5 cm³/mol. The molecule has 0 bridgehead atoms. The molecule has 0 N–H and O–H groups in total. The second-order valence-electron chi connectivity index (χ2n) is 5.57. The first-order valence-electron chi connectivity index (χ1n) is 7.53. The summed E-state index contributed by atoms with van der Waals surface area (Å²) in [5.41, 5.74) is 2.12. The molecule has 0 saturated heterocycles.